The summed E-state index contributed by atoms with van der Waals surface area (Å²) in [7, 11) is -3.31. The van der Waals surface area contributed by atoms with E-state index in [4.69, 9.17) is 11.6 Å². The molecular formula is C14H14ClFN2O2S. The summed E-state index contributed by atoms with van der Waals surface area (Å²) in [4.78, 5) is 4.15. The summed E-state index contributed by atoms with van der Waals surface area (Å²) < 4.78 is 36.0. The zero-order chi connectivity index (χ0) is 15.6. The standard InChI is InChI=1S/C14H14ClFN2O2S/c1-9(13-6-3-10(16)8-17-13)18-14-7-11(21(2,19)20)4-5-12(14)15/h3-9,18H,1-2H3. The average Bonchev–Trinajstić information content (AvgIpc) is 2.40. The van der Waals surface area contributed by atoms with Crippen molar-refractivity contribution in [3.8, 4) is 0 Å². The number of anilines is 1. The lowest BCUT2D eigenvalue weighted by Gasteiger charge is -2.16. The van der Waals surface area contributed by atoms with E-state index >= 15 is 0 Å². The van der Waals surface area contributed by atoms with Crippen LogP contribution in [0.4, 0.5) is 10.1 Å². The third-order valence-electron chi connectivity index (χ3n) is 2.93. The number of benzene rings is 1. The fourth-order valence-electron chi connectivity index (χ4n) is 1.80. The van der Waals surface area contributed by atoms with E-state index in [1.165, 1.54) is 24.3 Å². The number of pyridine rings is 1. The van der Waals surface area contributed by atoms with E-state index in [1.54, 1.807) is 6.07 Å². The summed E-state index contributed by atoms with van der Waals surface area (Å²) in [6.45, 7) is 1.82. The van der Waals surface area contributed by atoms with Gasteiger partial charge >= 0.3 is 0 Å². The summed E-state index contributed by atoms with van der Waals surface area (Å²) in [5, 5.41) is 3.48. The maximum absolute atomic E-state index is 12.9. The normalized spacial score (nSPS) is 13.0. The first-order valence-corrected chi connectivity index (χ1v) is 8.42. The maximum Gasteiger partial charge on any atom is 0.175 e. The molecule has 7 heteroatoms. The van der Waals surface area contributed by atoms with Gasteiger partial charge in [-0.2, -0.15) is 0 Å². The molecular weight excluding hydrogens is 315 g/mol. The fraction of sp³-hybridized carbons (Fsp3) is 0.214. The number of hydrogen-bond donors (Lipinski definition) is 1. The summed E-state index contributed by atoms with van der Waals surface area (Å²) >= 11 is 6.07. The predicted octanol–water partition coefficient (Wildman–Crippen LogP) is 3.45. The van der Waals surface area contributed by atoms with E-state index < -0.39 is 15.7 Å². The highest BCUT2D eigenvalue weighted by Gasteiger charge is 2.13. The lowest BCUT2D eigenvalue weighted by atomic mass is 10.2. The van der Waals surface area contributed by atoms with Crippen molar-refractivity contribution in [3.05, 3.63) is 53.1 Å². The Morgan fingerprint density at radius 2 is 2.00 bits per heavy atom. The lowest BCUT2D eigenvalue weighted by Crippen LogP contribution is -2.09. The first-order valence-electron chi connectivity index (χ1n) is 6.15. The van der Waals surface area contributed by atoms with Gasteiger partial charge in [-0.25, -0.2) is 12.8 Å². The first-order chi connectivity index (χ1) is 9.77. The van der Waals surface area contributed by atoms with Crippen LogP contribution in [0.5, 0.6) is 0 Å². The van der Waals surface area contributed by atoms with E-state index in [0.29, 0.717) is 16.4 Å². The van der Waals surface area contributed by atoms with Crippen LogP contribution in [0.15, 0.2) is 41.4 Å². The van der Waals surface area contributed by atoms with Crippen molar-refractivity contribution in [2.24, 2.45) is 0 Å². The molecule has 2 aromatic rings. The summed E-state index contributed by atoms with van der Waals surface area (Å²) in [5.74, 6) is -0.414. The molecule has 1 aromatic heterocycles. The van der Waals surface area contributed by atoms with Crippen LogP contribution in [0.3, 0.4) is 0 Å². The second-order valence-electron chi connectivity index (χ2n) is 4.68. The Morgan fingerprint density at radius 1 is 1.29 bits per heavy atom. The Labute approximate surface area is 127 Å². The van der Waals surface area contributed by atoms with Crippen LogP contribution < -0.4 is 5.32 Å². The third-order valence-corrected chi connectivity index (χ3v) is 4.37. The molecule has 0 amide bonds. The van der Waals surface area contributed by atoms with Gasteiger partial charge in [0.2, 0.25) is 0 Å². The van der Waals surface area contributed by atoms with E-state index in [-0.39, 0.29) is 10.9 Å². The highest BCUT2D eigenvalue weighted by molar-refractivity contribution is 7.90. The molecule has 0 spiro atoms. The number of rotatable bonds is 4. The monoisotopic (exact) mass is 328 g/mol. The molecule has 0 fully saturated rings. The molecule has 4 nitrogen and oxygen atoms in total. The van der Waals surface area contributed by atoms with Gasteiger partial charge in [-0.1, -0.05) is 11.6 Å². The molecule has 0 bridgehead atoms. The van der Waals surface area contributed by atoms with Crippen LogP contribution in [0.2, 0.25) is 5.02 Å². The number of halogens is 2. The van der Waals surface area contributed by atoms with Gasteiger partial charge < -0.3 is 5.32 Å². The SMILES string of the molecule is CC(Nc1cc(S(C)(=O)=O)ccc1Cl)c1ccc(F)cn1. The molecule has 1 N–H and O–H groups in total. The van der Waals surface area contributed by atoms with Gasteiger partial charge in [-0.05, 0) is 37.3 Å². The van der Waals surface area contributed by atoms with E-state index in [1.807, 2.05) is 6.92 Å². The summed E-state index contributed by atoms with van der Waals surface area (Å²) in [6, 6.07) is 7.06. The minimum atomic E-state index is -3.31. The van der Waals surface area contributed by atoms with Crippen molar-refractivity contribution in [1.29, 1.82) is 0 Å². The number of nitrogens with one attached hydrogen (secondary N) is 1. The zero-order valence-corrected chi connectivity index (χ0v) is 13.0. The van der Waals surface area contributed by atoms with Gasteiger partial charge in [-0.3, -0.25) is 4.98 Å². The van der Waals surface area contributed by atoms with Gasteiger partial charge in [0, 0.05) is 6.26 Å². The second-order valence-corrected chi connectivity index (χ2v) is 7.10. The molecule has 2 rings (SSSR count). The third kappa shape index (κ3) is 3.92. The number of aromatic nitrogens is 1. The van der Waals surface area contributed by atoms with Gasteiger partial charge in [0.25, 0.3) is 0 Å². The molecule has 0 aliphatic heterocycles. The van der Waals surface area contributed by atoms with Crippen LogP contribution in [0.25, 0.3) is 0 Å². The Kier molecular flexibility index (Phi) is 4.49. The molecule has 0 aliphatic carbocycles. The number of hydrogen-bond acceptors (Lipinski definition) is 4. The number of sulfone groups is 1. The predicted molar refractivity (Wildman–Crippen MR) is 80.8 cm³/mol. The molecule has 0 saturated carbocycles. The summed E-state index contributed by atoms with van der Waals surface area (Å²) in [6.07, 6.45) is 2.26. The first kappa shape index (κ1) is 15.7. The molecule has 1 atom stereocenters. The van der Waals surface area contributed by atoms with Crippen molar-refractivity contribution in [1.82, 2.24) is 4.98 Å². The highest BCUT2D eigenvalue weighted by Crippen LogP contribution is 2.28. The fourth-order valence-corrected chi connectivity index (χ4v) is 2.62. The zero-order valence-electron chi connectivity index (χ0n) is 11.5. The van der Waals surface area contributed by atoms with Gasteiger partial charge in [0.05, 0.1) is 33.5 Å². The van der Waals surface area contributed by atoms with Gasteiger partial charge in [-0.15, -0.1) is 0 Å². The van der Waals surface area contributed by atoms with Crippen molar-refractivity contribution in [3.63, 3.8) is 0 Å². The van der Waals surface area contributed by atoms with Crippen LogP contribution >= 0.6 is 11.6 Å². The Morgan fingerprint density at radius 3 is 2.57 bits per heavy atom. The van der Waals surface area contributed by atoms with Gasteiger partial charge in [0.15, 0.2) is 9.84 Å². The minimum absolute atomic E-state index is 0.175. The molecule has 0 aliphatic rings. The molecule has 0 saturated heterocycles. The van der Waals surface area contributed by atoms with Crippen LogP contribution in [0, 0.1) is 5.82 Å². The quantitative estimate of drug-likeness (QED) is 0.934. The summed E-state index contributed by atoms with van der Waals surface area (Å²) in [5.41, 5.74) is 1.11. The van der Waals surface area contributed by atoms with Gasteiger partial charge in [0.1, 0.15) is 5.82 Å². The lowest BCUT2D eigenvalue weighted by molar-refractivity contribution is 0.602. The van der Waals surface area contributed by atoms with Crippen LogP contribution in [-0.2, 0) is 9.84 Å². The van der Waals surface area contributed by atoms with Crippen LogP contribution in [-0.4, -0.2) is 19.7 Å². The molecule has 112 valence electrons. The van der Waals surface area contributed by atoms with E-state index in [2.05, 4.69) is 10.3 Å². The molecule has 1 unspecified atom stereocenters. The Hall–Kier alpha value is -1.66. The molecule has 1 aromatic carbocycles. The van der Waals surface area contributed by atoms with E-state index in [0.717, 1.165) is 12.5 Å². The van der Waals surface area contributed by atoms with E-state index in [9.17, 15) is 12.8 Å². The maximum atomic E-state index is 12.9. The Balaban J connectivity index is 2.28. The van der Waals surface area contributed by atoms with Crippen molar-refractivity contribution in [2.75, 3.05) is 11.6 Å². The number of nitrogens with zero attached hydrogens (tertiary/aromatic N) is 1. The van der Waals surface area contributed by atoms with Crippen molar-refractivity contribution >= 4 is 27.1 Å². The largest absolute Gasteiger partial charge is 0.376 e. The molecule has 21 heavy (non-hydrogen) atoms. The molecule has 0 radical (unpaired) electrons. The average molecular weight is 329 g/mol. The highest BCUT2D eigenvalue weighted by atomic mass is 35.5. The topological polar surface area (TPSA) is 59.1 Å². The van der Waals surface area contributed by atoms with Crippen molar-refractivity contribution < 1.29 is 12.8 Å². The molecule has 1 heterocycles. The van der Waals surface area contributed by atoms with Crippen LogP contribution in [0.1, 0.15) is 18.7 Å². The smallest absolute Gasteiger partial charge is 0.175 e. The van der Waals surface area contributed by atoms with Crippen molar-refractivity contribution in [2.45, 2.75) is 17.9 Å². The second kappa shape index (κ2) is 5.99. The Bertz CT molecular complexity index is 748. The minimum Gasteiger partial charge on any atom is -0.376 e.